The van der Waals surface area contributed by atoms with E-state index in [9.17, 15) is 0 Å². The van der Waals surface area contributed by atoms with Gasteiger partial charge >= 0.3 is 0 Å². The number of nitrogen functional groups attached to an aromatic ring is 1. The molecule has 0 aliphatic carbocycles. The fourth-order valence-electron chi connectivity index (χ4n) is 1.60. The number of aromatic nitrogens is 1. The molecule has 1 heterocycles. The molecular weight excluding hydrogens is 241 g/mol. The second-order valence-electron chi connectivity index (χ2n) is 3.90. The molecule has 5 nitrogen and oxygen atoms in total. The summed E-state index contributed by atoms with van der Waals surface area (Å²) in [4.78, 5) is 4.14. The van der Waals surface area contributed by atoms with Crippen molar-refractivity contribution in [3.05, 3.63) is 30.3 Å². The Bertz CT molecular complexity index is 568. The van der Waals surface area contributed by atoms with Crippen molar-refractivity contribution >= 4 is 30.6 Å². The molecule has 2 rings (SSSR count). The fourth-order valence-corrected chi connectivity index (χ4v) is 1.60. The molecule has 0 spiro atoms. The van der Waals surface area contributed by atoms with Crippen molar-refractivity contribution < 1.29 is 9.47 Å². The lowest BCUT2D eigenvalue weighted by atomic mass is 10.0. The molecule has 2 aromatic rings. The van der Waals surface area contributed by atoms with Gasteiger partial charge in [-0.2, -0.15) is 0 Å². The van der Waals surface area contributed by atoms with E-state index in [2.05, 4.69) is 10.3 Å². The maximum Gasteiger partial charge on any atom is 0.152 e. The highest BCUT2D eigenvalue weighted by molar-refractivity contribution is 6.30. The number of ether oxygens (including phenoxy) is 2. The molecule has 0 fully saturated rings. The first-order valence-electron chi connectivity index (χ1n) is 5.64. The molecule has 3 N–H and O–H groups in total. The number of benzene rings is 1. The van der Waals surface area contributed by atoms with Gasteiger partial charge in [-0.15, -0.1) is 0 Å². The van der Waals surface area contributed by atoms with Gasteiger partial charge in [0.15, 0.2) is 5.82 Å². The largest absolute Gasteiger partial charge is 0.497 e. The molecule has 2 radical (unpaired) electrons. The van der Waals surface area contributed by atoms with E-state index in [4.69, 9.17) is 23.1 Å². The van der Waals surface area contributed by atoms with E-state index in [0.717, 1.165) is 5.69 Å². The van der Waals surface area contributed by atoms with Crippen LogP contribution in [0.25, 0.3) is 0 Å². The number of nitrogens with two attached hydrogens (primary N) is 1. The predicted molar refractivity (Wildman–Crippen MR) is 76.9 cm³/mol. The number of rotatable bonds is 4. The molecule has 19 heavy (non-hydrogen) atoms. The molecule has 1 aromatic heterocycles. The summed E-state index contributed by atoms with van der Waals surface area (Å²) in [6, 6.07) is 8.75. The van der Waals surface area contributed by atoms with E-state index in [-0.39, 0.29) is 0 Å². The van der Waals surface area contributed by atoms with E-state index in [1.54, 1.807) is 32.4 Å². The number of nitrogens with zero attached hydrogens (tertiary/aromatic N) is 1. The van der Waals surface area contributed by atoms with Crippen LogP contribution < -0.4 is 26.1 Å². The third-order valence-electron chi connectivity index (χ3n) is 2.56. The van der Waals surface area contributed by atoms with Gasteiger partial charge in [-0.1, -0.05) is 0 Å². The van der Waals surface area contributed by atoms with E-state index >= 15 is 0 Å². The SMILES string of the molecule is [B]c1ccc(N)c(Nc2cc(OC)cc(OC)c2)n1. The van der Waals surface area contributed by atoms with Crippen LogP contribution in [-0.4, -0.2) is 27.0 Å². The maximum atomic E-state index is 5.84. The first-order valence-corrected chi connectivity index (χ1v) is 5.64. The van der Waals surface area contributed by atoms with Crippen LogP contribution in [0.1, 0.15) is 0 Å². The Balaban J connectivity index is 2.34. The number of hydrogen-bond acceptors (Lipinski definition) is 5. The molecule has 0 aliphatic heterocycles. The highest BCUT2D eigenvalue weighted by Crippen LogP contribution is 2.28. The van der Waals surface area contributed by atoms with Crippen LogP contribution in [-0.2, 0) is 0 Å². The van der Waals surface area contributed by atoms with Crippen LogP contribution in [0.4, 0.5) is 17.2 Å². The molecule has 0 bridgehead atoms. The molecule has 0 amide bonds. The summed E-state index contributed by atoms with van der Waals surface area (Å²) in [7, 11) is 8.82. The topological polar surface area (TPSA) is 69.4 Å². The van der Waals surface area contributed by atoms with Gasteiger partial charge in [0, 0.05) is 23.9 Å². The van der Waals surface area contributed by atoms with E-state index < -0.39 is 0 Å². The predicted octanol–water partition coefficient (Wildman–Crippen LogP) is 1.22. The lowest BCUT2D eigenvalue weighted by Gasteiger charge is -2.12. The summed E-state index contributed by atoms with van der Waals surface area (Å²) < 4.78 is 10.4. The molecule has 0 saturated carbocycles. The second kappa shape index (κ2) is 5.52. The highest BCUT2D eigenvalue weighted by Gasteiger charge is 2.05. The Kier molecular flexibility index (Phi) is 3.80. The van der Waals surface area contributed by atoms with Crippen molar-refractivity contribution in [3.63, 3.8) is 0 Å². The highest BCUT2D eigenvalue weighted by atomic mass is 16.5. The summed E-state index contributed by atoms with van der Waals surface area (Å²) >= 11 is 0. The molecule has 0 atom stereocenters. The molecule has 0 unspecified atom stereocenters. The van der Waals surface area contributed by atoms with Gasteiger partial charge in [0.25, 0.3) is 0 Å². The second-order valence-corrected chi connectivity index (χ2v) is 3.90. The number of anilines is 3. The van der Waals surface area contributed by atoms with Crippen LogP contribution in [0.15, 0.2) is 30.3 Å². The third-order valence-corrected chi connectivity index (χ3v) is 2.56. The van der Waals surface area contributed by atoms with Crippen molar-refractivity contribution in [1.29, 1.82) is 0 Å². The summed E-state index contributed by atoms with van der Waals surface area (Å²) in [5.41, 5.74) is 7.49. The number of nitrogens with one attached hydrogen (secondary N) is 1. The van der Waals surface area contributed by atoms with Crippen molar-refractivity contribution in [3.8, 4) is 11.5 Å². The van der Waals surface area contributed by atoms with Gasteiger partial charge in [0.2, 0.25) is 0 Å². The van der Waals surface area contributed by atoms with E-state index in [1.165, 1.54) is 0 Å². The number of pyridine rings is 1. The first kappa shape index (κ1) is 13.1. The van der Waals surface area contributed by atoms with Gasteiger partial charge in [0.1, 0.15) is 19.3 Å². The minimum Gasteiger partial charge on any atom is -0.497 e. The Labute approximate surface area is 113 Å². The van der Waals surface area contributed by atoms with Gasteiger partial charge in [-0.3, -0.25) is 0 Å². The maximum absolute atomic E-state index is 5.84. The Morgan fingerprint density at radius 1 is 1.11 bits per heavy atom. The summed E-state index contributed by atoms with van der Waals surface area (Å²) in [6.07, 6.45) is 0. The monoisotopic (exact) mass is 255 g/mol. The van der Waals surface area contributed by atoms with Gasteiger partial charge in [-0.05, 0) is 17.7 Å². The van der Waals surface area contributed by atoms with Crippen molar-refractivity contribution in [2.75, 3.05) is 25.3 Å². The summed E-state index contributed by atoms with van der Waals surface area (Å²) in [5, 5.41) is 3.09. The molecule has 0 saturated heterocycles. The smallest absolute Gasteiger partial charge is 0.152 e. The first-order chi connectivity index (χ1) is 9.12. The third kappa shape index (κ3) is 3.10. The van der Waals surface area contributed by atoms with Crippen molar-refractivity contribution in [2.45, 2.75) is 0 Å². The molecule has 6 heteroatoms. The zero-order valence-electron chi connectivity index (χ0n) is 10.8. The standard InChI is InChI=1S/C13H14BN3O2/c1-18-9-5-8(6-10(7-9)19-2)16-13-11(15)3-4-12(14)17-13/h3-7H,15H2,1-2H3,(H,16,17). The van der Waals surface area contributed by atoms with Gasteiger partial charge in [-0.25, -0.2) is 4.98 Å². The van der Waals surface area contributed by atoms with Crippen LogP contribution in [0.2, 0.25) is 0 Å². The lowest BCUT2D eigenvalue weighted by Crippen LogP contribution is -2.11. The molecule has 0 aliphatic rings. The lowest BCUT2D eigenvalue weighted by molar-refractivity contribution is 0.395. The Hall–Kier alpha value is -2.37. The minimum atomic E-state index is 0.395. The Morgan fingerprint density at radius 3 is 2.32 bits per heavy atom. The number of methoxy groups -OCH3 is 2. The van der Waals surface area contributed by atoms with Crippen LogP contribution >= 0.6 is 0 Å². The quantitative estimate of drug-likeness (QED) is 0.804. The average Bonchev–Trinajstić information content (AvgIpc) is 2.42. The van der Waals surface area contributed by atoms with E-state index in [0.29, 0.717) is 28.6 Å². The van der Waals surface area contributed by atoms with Crippen molar-refractivity contribution in [1.82, 2.24) is 4.98 Å². The minimum absolute atomic E-state index is 0.395. The fraction of sp³-hybridized carbons (Fsp3) is 0.154. The Morgan fingerprint density at radius 2 is 1.74 bits per heavy atom. The summed E-state index contributed by atoms with van der Waals surface area (Å²) in [5.74, 6) is 1.84. The van der Waals surface area contributed by atoms with E-state index in [1.807, 2.05) is 12.1 Å². The van der Waals surface area contributed by atoms with Crippen LogP contribution in [0, 0.1) is 0 Å². The zero-order valence-corrected chi connectivity index (χ0v) is 10.8. The average molecular weight is 255 g/mol. The van der Waals surface area contributed by atoms with Crippen molar-refractivity contribution in [2.24, 2.45) is 0 Å². The molecule has 96 valence electrons. The zero-order chi connectivity index (χ0) is 13.8. The van der Waals surface area contributed by atoms with Crippen LogP contribution in [0.3, 0.4) is 0 Å². The van der Waals surface area contributed by atoms with Gasteiger partial charge < -0.3 is 20.5 Å². The van der Waals surface area contributed by atoms with Gasteiger partial charge in [0.05, 0.1) is 19.9 Å². The normalized spacial score (nSPS) is 10.0. The molecule has 1 aromatic carbocycles. The molecular formula is C13H14BN3O2. The summed E-state index contributed by atoms with van der Waals surface area (Å²) in [6.45, 7) is 0. The van der Waals surface area contributed by atoms with Crippen LogP contribution in [0.5, 0.6) is 11.5 Å². The number of hydrogen-bond donors (Lipinski definition) is 2.